The molecule has 0 fully saturated rings. The number of fused-ring (bicyclic) bond motifs is 8. The van der Waals surface area contributed by atoms with Gasteiger partial charge in [0.2, 0.25) is 5.88 Å². The fraction of sp³-hybridized carbons (Fsp3) is 0.214. The summed E-state index contributed by atoms with van der Waals surface area (Å²) in [5.41, 5.74) is 13.4. The summed E-state index contributed by atoms with van der Waals surface area (Å²) in [6.07, 6.45) is 0. The molecule has 0 aromatic heterocycles. The minimum atomic E-state index is -1.23. The quantitative estimate of drug-likeness (QED) is 0.0686. The molecular formula is C42H40CuN6O4+2. The predicted octanol–water partition coefficient (Wildman–Crippen LogP) is 7.11. The molecule has 1 amide bonds. The van der Waals surface area contributed by atoms with Crippen LogP contribution in [-0.2, 0) is 22.6 Å². The van der Waals surface area contributed by atoms with Crippen molar-refractivity contribution in [2.75, 3.05) is 36.0 Å². The van der Waals surface area contributed by atoms with Gasteiger partial charge in [0, 0.05) is 99.9 Å². The Morgan fingerprint density at radius 3 is 2.00 bits per heavy atom. The molecule has 10 nitrogen and oxygen atoms in total. The van der Waals surface area contributed by atoms with Crippen molar-refractivity contribution in [1.82, 2.24) is 5.01 Å². The maximum atomic E-state index is 14.0. The zero-order valence-corrected chi connectivity index (χ0v) is 30.8. The van der Waals surface area contributed by atoms with Crippen molar-refractivity contribution in [3.05, 3.63) is 141 Å². The zero-order chi connectivity index (χ0) is 36.3. The number of aliphatic hydroxyl groups is 1. The number of carbonyl (C=O) groups is 1. The van der Waals surface area contributed by atoms with Gasteiger partial charge >= 0.3 is 17.1 Å². The number of benzene rings is 5. The smallest absolute Gasteiger partial charge is 0.492 e. The Hall–Kier alpha value is -5.61. The molecule has 1 unspecified atom stereocenters. The van der Waals surface area contributed by atoms with Crippen LogP contribution in [0.5, 0.6) is 23.0 Å². The number of nitrogens with two attached hydrogens (primary N) is 1. The first-order chi connectivity index (χ1) is 25.3. The first-order valence-corrected chi connectivity index (χ1v) is 17.7. The van der Waals surface area contributed by atoms with Crippen molar-refractivity contribution < 1.29 is 36.4 Å². The number of nitrogens with one attached hydrogen (secondary N) is 1. The number of amides is 1. The molecule has 0 saturated carbocycles. The van der Waals surface area contributed by atoms with Crippen LogP contribution in [0.1, 0.15) is 65.9 Å². The normalized spacial score (nSPS) is 17.6. The summed E-state index contributed by atoms with van der Waals surface area (Å²) in [4.78, 5) is 18.5. The average Bonchev–Trinajstić information content (AvgIpc) is 3.39. The minimum absolute atomic E-state index is 0. The van der Waals surface area contributed by atoms with Crippen molar-refractivity contribution >= 4 is 28.7 Å². The van der Waals surface area contributed by atoms with E-state index in [9.17, 15) is 9.90 Å². The second-order valence-electron chi connectivity index (χ2n) is 13.0. The number of hydrogen-bond donors (Lipinski definition) is 3. The summed E-state index contributed by atoms with van der Waals surface area (Å²) < 4.78 is 13.6. The summed E-state index contributed by atoms with van der Waals surface area (Å²) in [5.74, 6) is 8.56. The summed E-state index contributed by atoms with van der Waals surface area (Å²) in [6.45, 7) is 11.7. The molecule has 4 N–H and O–H groups in total. The van der Waals surface area contributed by atoms with Gasteiger partial charge in [-0.25, -0.2) is 11.4 Å². The third-order valence-electron chi connectivity index (χ3n) is 10.7. The summed E-state index contributed by atoms with van der Waals surface area (Å²) >= 11 is 0. The Bertz CT molecular complexity index is 2430. The Labute approximate surface area is 318 Å². The Morgan fingerprint density at radius 2 is 1.30 bits per heavy atom. The summed E-state index contributed by atoms with van der Waals surface area (Å²) in [6, 6.07) is 31.0. The van der Waals surface area contributed by atoms with Crippen molar-refractivity contribution in [3.8, 4) is 23.0 Å². The van der Waals surface area contributed by atoms with Crippen LogP contribution in [0, 0.1) is 5.53 Å². The molecule has 3 aliphatic heterocycles. The molecule has 0 bridgehead atoms. The van der Waals surface area contributed by atoms with Gasteiger partial charge in [-0.1, -0.05) is 42.5 Å². The standard InChI is InChI=1S/C42H40N6O4.Cu/c1-5-46(6-2)25-17-19-30-35(21-25)51-36-24-38-34(23-31(36)39(30)27-13-9-10-14-28(27)40(49)45-43)42(32-16-12-11-15-29(32)41(50)48(42)44)33-20-18-26(22-37(33)52-38)47(7-3)8-4;/h9-24,43,49H,5-8,44H2,1-4H3;/q;+2/b39-27+,40-28+,45-43?;. The molecule has 0 aliphatic carbocycles. The van der Waals surface area contributed by atoms with Gasteiger partial charge in [-0.05, 0) is 69.3 Å². The monoisotopic (exact) mass is 755 g/mol. The van der Waals surface area contributed by atoms with Crippen molar-refractivity contribution in [2.45, 2.75) is 33.2 Å². The molecule has 271 valence electrons. The first kappa shape index (κ1) is 35.8. The van der Waals surface area contributed by atoms with Crippen LogP contribution < -0.4 is 35.6 Å². The fourth-order valence-electron chi connectivity index (χ4n) is 8.20. The maximum Gasteiger partial charge on any atom is 2.00 e. The van der Waals surface area contributed by atoms with Gasteiger partial charge in [0.05, 0.1) is 0 Å². The number of anilines is 2. The summed E-state index contributed by atoms with van der Waals surface area (Å²) in [5, 5.41) is 16.7. The van der Waals surface area contributed by atoms with Gasteiger partial charge in [0.1, 0.15) is 28.5 Å². The van der Waals surface area contributed by atoms with E-state index in [2.05, 4.69) is 54.7 Å². The molecule has 1 spiro atoms. The van der Waals surface area contributed by atoms with E-state index >= 15 is 0 Å². The Kier molecular flexibility index (Phi) is 9.28. The fourth-order valence-corrected chi connectivity index (χ4v) is 8.20. The van der Waals surface area contributed by atoms with E-state index in [1.165, 1.54) is 5.01 Å². The van der Waals surface area contributed by atoms with Crippen LogP contribution in [0.4, 0.5) is 11.4 Å². The van der Waals surface area contributed by atoms with Crippen LogP contribution in [0.15, 0.2) is 102 Å². The predicted molar refractivity (Wildman–Crippen MR) is 202 cm³/mol. The molecule has 1 radical (unpaired) electrons. The number of ether oxygens (including phenoxy) is 2. The molecule has 3 aliphatic rings. The number of aliphatic hydroxyl groups excluding tert-OH is 1. The number of hydrogen-bond acceptors (Lipinski definition) is 9. The molecular weight excluding hydrogens is 716 g/mol. The molecule has 5 aromatic carbocycles. The van der Waals surface area contributed by atoms with Crippen molar-refractivity contribution in [3.63, 3.8) is 0 Å². The van der Waals surface area contributed by atoms with Gasteiger partial charge in [-0.2, -0.15) is 0 Å². The topological polar surface area (TPSA) is 128 Å². The van der Waals surface area contributed by atoms with Crippen LogP contribution in [0.3, 0.4) is 0 Å². The number of nitrogens with zero attached hydrogens (tertiary/aromatic N) is 4. The SMILES string of the molecule is CCN(CC)c1ccc2c(c1)Oc1cc3c(cc1/C2=c1\cccc\c1=C(/O)N=N)C1(c2ccc(N(CC)CC)cc2O3)c2ccccc2C(=O)N1N.[Cu+2]. The molecule has 3 heterocycles. The van der Waals surface area contributed by atoms with Crippen LogP contribution >= 0.6 is 0 Å². The van der Waals surface area contributed by atoms with E-state index in [1.54, 1.807) is 12.1 Å². The molecule has 1 atom stereocenters. The largest absolute Gasteiger partial charge is 2.00 e. The zero-order valence-electron chi connectivity index (χ0n) is 29.9. The van der Waals surface area contributed by atoms with E-state index in [0.29, 0.717) is 50.1 Å². The van der Waals surface area contributed by atoms with Crippen LogP contribution in [0.2, 0.25) is 0 Å². The number of hydrazine groups is 1. The van der Waals surface area contributed by atoms with Crippen LogP contribution in [-0.4, -0.2) is 42.2 Å². The minimum Gasteiger partial charge on any atom is -0.492 e. The van der Waals surface area contributed by atoms with Crippen molar-refractivity contribution in [2.24, 2.45) is 11.0 Å². The molecule has 5 aromatic rings. The number of carbonyl (C=O) groups excluding carboxylic acids is 1. The maximum absolute atomic E-state index is 14.0. The Morgan fingerprint density at radius 1 is 0.717 bits per heavy atom. The van der Waals surface area contributed by atoms with Gasteiger partial charge in [-0.15, -0.1) is 5.11 Å². The van der Waals surface area contributed by atoms with E-state index < -0.39 is 11.4 Å². The average molecular weight is 756 g/mol. The first-order valence-electron chi connectivity index (χ1n) is 17.7. The van der Waals surface area contributed by atoms with Gasteiger partial charge in [-0.3, -0.25) is 9.80 Å². The Balaban J connectivity index is 0.00000435. The van der Waals surface area contributed by atoms with Crippen LogP contribution in [0.25, 0.3) is 11.5 Å². The van der Waals surface area contributed by atoms with E-state index in [0.717, 1.165) is 59.8 Å². The van der Waals surface area contributed by atoms with Gasteiger partial charge in [0.25, 0.3) is 5.91 Å². The van der Waals surface area contributed by atoms with E-state index in [-0.39, 0.29) is 23.0 Å². The van der Waals surface area contributed by atoms with E-state index in [1.807, 2.05) is 72.8 Å². The second-order valence-corrected chi connectivity index (χ2v) is 13.0. The third kappa shape index (κ3) is 5.22. The molecule has 0 saturated heterocycles. The summed E-state index contributed by atoms with van der Waals surface area (Å²) in [7, 11) is 0. The number of rotatable bonds is 7. The second kappa shape index (κ2) is 13.7. The van der Waals surface area contributed by atoms with Gasteiger partial charge < -0.3 is 24.4 Å². The van der Waals surface area contributed by atoms with E-state index in [4.69, 9.17) is 20.8 Å². The van der Waals surface area contributed by atoms with Gasteiger partial charge in [0.15, 0.2) is 0 Å². The molecule has 11 heteroatoms. The van der Waals surface area contributed by atoms with Crippen molar-refractivity contribution in [1.29, 1.82) is 5.53 Å². The molecule has 8 rings (SSSR count). The third-order valence-corrected chi connectivity index (χ3v) is 10.7. The molecule has 53 heavy (non-hydrogen) atoms.